The number of esters is 1. The SMILES string of the molecule is COc1ccccc1Cc1ccc2c(c1)C1OC(CO)C(O)C(O)C1OC2=O. The zero-order valence-corrected chi connectivity index (χ0v) is 15.3. The van der Waals surface area contributed by atoms with Gasteiger partial charge >= 0.3 is 5.97 Å². The molecule has 7 nitrogen and oxygen atoms in total. The number of para-hydroxylation sites is 1. The van der Waals surface area contributed by atoms with Crippen LogP contribution in [0.15, 0.2) is 42.5 Å². The number of methoxy groups -OCH3 is 1. The van der Waals surface area contributed by atoms with E-state index in [0.717, 1.165) is 16.9 Å². The average Bonchev–Trinajstić information content (AvgIpc) is 2.71. The highest BCUT2D eigenvalue weighted by Crippen LogP contribution is 2.40. The Balaban J connectivity index is 1.70. The van der Waals surface area contributed by atoms with Gasteiger partial charge in [0.05, 0.1) is 19.3 Å². The smallest absolute Gasteiger partial charge is 0.338 e. The number of aliphatic hydroxyl groups is 3. The van der Waals surface area contributed by atoms with Crippen LogP contribution in [0, 0.1) is 0 Å². The van der Waals surface area contributed by atoms with Crippen LogP contribution < -0.4 is 4.74 Å². The minimum absolute atomic E-state index is 0.352. The molecular weight excluding hydrogens is 364 g/mol. The summed E-state index contributed by atoms with van der Waals surface area (Å²) >= 11 is 0. The molecule has 2 aromatic rings. The number of carbonyl (C=O) groups excluding carboxylic acids is 1. The number of benzene rings is 2. The van der Waals surface area contributed by atoms with Crippen molar-refractivity contribution in [2.45, 2.75) is 36.9 Å². The summed E-state index contributed by atoms with van der Waals surface area (Å²) in [6, 6.07) is 13.0. The number of carbonyl (C=O) groups is 1. The molecule has 5 unspecified atom stereocenters. The number of ether oxygens (including phenoxy) is 3. The quantitative estimate of drug-likeness (QED) is 0.673. The second kappa shape index (κ2) is 7.52. The first-order chi connectivity index (χ1) is 13.5. The second-order valence-corrected chi connectivity index (χ2v) is 7.04. The van der Waals surface area contributed by atoms with E-state index in [9.17, 15) is 20.1 Å². The van der Waals surface area contributed by atoms with Gasteiger partial charge in [-0.2, -0.15) is 0 Å². The van der Waals surface area contributed by atoms with Crippen molar-refractivity contribution in [3.05, 3.63) is 64.7 Å². The standard InChI is InChI=1S/C21H22O7/c1-26-15-5-3-2-4-12(15)8-11-6-7-13-14(9-11)19-20(28-21(13)25)18(24)17(23)16(10-22)27-19/h2-7,9,16-20,22-24H,8,10H2,1H3. The third-order valence-corrected chi connectivity index (χ3v) is 5.34. The molecule has 2 aliphatic heterocycles. The molecule has 1 fully saturated rings. The number of aliphatic hydroxyl groups excluding tert-OH is 3. The Morgan fingerprint density at radius 2 is 1.89 bits per heavy atom. The number of hydrogen-bond acceptors (Lipinski definition) is 7. The number of fused-ring (bicyclic) bond motifs is 3. The van der Waals surface area contributed by atoms with Crippen molar-refractivity contribution in [2.75, 3.05) is 13.7 Å². The van der Waals surface area contributed by atoms with Crippen LogP contribution in [-0.4, -0.2) is 59.4 Å². The molecule has 0 aliphatic carbocycles. The monoisotopic (exact) mass is 386 g/mol. The molecule has 7 heteroatoms. The van der Waals surface area contributed by atoms with Crippen molar-refractivity contribution in [3.63, 3.8) is 0 Å². The van der Waals surface area contributed by atoms with Crippen LogP contribution >= 0.6 is 0 Å². The molecule has 0 amide bonds. The third kappa shape index (κ3) is 3.16. The van der Waals surface area contributed by atoms with Gasteiger partial charge in [0, 0.05) is 6.42 Å². The number of hydrogen-bond donors (Lipinski definition) is 3. The maximum absolute atomic E-state index is 12.4. The van der Waals surface area contributed by atoms with Crippen LogP contribution in [-0.2, 0) is 15.9 Å². The van der Waals surface area contributed by atoms with Crippen LogP contribution in [0.3, 0.4) is 0 Å². The van der Waals surface area contributed by atoms with Gasteiger partial charge in [0.25, 0.3) is 0 Å². The summed E-state index contributed by atoms with van der Waals surface area (Å²) in [5.41, 5.74) is 2.86. The molecule has 0 bridgehead atoms. The lowest BCUT2D eigenvalue weighted by Gasteiger charge is -2.44. The summed E-state index contributed by atoms with van der Waals surface area (Å²) in [6.45, 7) is -0.453. The largest absolute Gasteiger partial charge is 0.496 e. The van der Waals surface area contributed by atoms with Crippen LogP contribution in [0.4, 0.5) is 0 Å². The molecule has 2 aromatic carbocycles. The molecule has 0 spiro atoms. The van der Waals surface area contributed by atoms with E-state index in [1.165, 1.54) is 0 Å². The summed E-state index contributed by atoms with van der Waals surface area (Å²) in [4.78, 5) is 12.4. The Morgan fingerprint density at radius 3 is 2.64 bits per heavy atom. The van der Waals surface area contributed by atoms with Crippen molar-refractivity contribution >= 4 is 5.97 Å². The number of rotatable bonds is 4. The molecule has 3 N–H and O–H groups in total. The topological polar surface area (TPSA) is 105 Å². The molecule has 0 saturated carbocycles. The Morgan fingerprint density at radius 1 is 1.11 bits per heavy atom. The van der Waals surface area contributed by atoms with Crippen molar-refractivity contribution in [1.29, 1.82) is 0 Å². The molecule has 1 saturated heterocycles. The van der Waals surface area contributed by atoms with Gasteiger partial charge in [-0.3, -0.25) is 0 Å². The van der Waals surface area contributed by atoms with Crippen LogP contribution in [0.25, 0.3) is 0 Å². The van der Waals surface area contributed by atoms with Crippen molar-refractivity contribution in [1.82, 2.24) is 0 Å². The predicted molar refractivity (Wildman–Crippen MR) is 98.2 cm³/mol. The zero-order chi connectivity index (χ0) is 19.8. The minimum Gasteiger partial charge on any atom is -0.496 e. The van der Waals surface area contributed by atoms with Crippen LogP contribution in [0.5, 0.6) is 5.75 Å². The maximum atomic E-state index is 12.4. The molecule has 0 radical (unpaired) electrons. The molecule has 4 rings (SSSR count). The molecule has 148 valence electrons. The molecule has 2 aliphatic rings. The first-order valence-electron chi connectivity index (χ1n) is 9.11. The Bertz CT molecular complexity index is 881. The first kappa shape index (κ1) is 18.9. The fraction of sp³-hybridized carbons (Fsp3) is 0.381. The normalized spacial score (nSPS) is 28.9. The zero-order valence-electron chi connectivity index (χ0n) is 15.3. The highest BCUT2D eigenvalue weighted by Gasteiger charge is 2.50. The second-order valence-electron chi connectivity index (χ2n) is 7.04. The molecule has 28 heavy (non-hydrogen) atoms. The lowest BCUT2D eigenvalue weighted by atomic mass is 9.85. The van der Waals surface area contributed by atoms with Gasteiger partial charge in [-0.15, -0.1) is 0 Å². The van der Waals surface area contributed by atoms with E-state index in [1.54, 1.807) is 13.2 Å². The van der Waals surface area contributed by atoms with E-state index in [0.29, 0.717) is 17.5 Å². The van der Waals surface area contributed by atoms with Gasteiger partial charge in [-0.05, 0) is 28.8 Å². The average molecular weight is 386 g/mol. The van der Waals surface area contributed by atoms with Gasteiger partial charge in [-0.25, -0.2) is 4.79 Å². The fourth-order valence-electron chi connectivity index (χ4n) is 3.87. The molecule has 0 aromatic heterocycles. The fourth-order valence-corrected chi connectivity index (χ4v) is 3.87. The van der Waals surface area contributed by atoms with E-state index < -0.39 is 43.1 Å². The Kier molecular flexibility index (Phi) is 5.07. The predicted octanol–water partition coefficient (Wildman–Crippen LogP) is 0.979. The highest BCUT2D eigenvalue weighted by molar-refractivity contribution is 5.92. The summed E-state index contributed by atoms with van der Waals surface area (Å²) < 4.78 is 16.5. The summed E-state index contributed by atoms with van der Waals surface area (Å²) in [7, 11) is 1.61. The lowest BCUT2D eigenvalue weighted by molar-refractivity contribution is -0.234. The van der Waals surface area contributed by atoms with Gasteiger partial charge in [0.2, 0.25) is 0 Å². The van der Waals surface area contributed by atoms with Crippen molar-refractivity contribution in [2.24, 2.45) is 0 Å². The van der Waals surface area contributed by atoms with Gasteiger partial charge in [0.1, 0.15) is 30.2 Å². The maximum Gasteiger partial charge on any atom is 0.338 e. The van der Waals surface area contributed by atoms with E-state index in [-0.39, 0.29) is 0 Å². The Hall–Kier alpha value is -2.45. The summed E-state index contributed by atoms with van der Waals surface area (Å²) in [5.74, 6) is 0.197. The van der Waals surface area contributed by atoms with E-state index in [4.69, 9.17) is 14.2 Å². The van der Waals surface area contributed by atoms with Crippen molar-refractivity contribution < 1.29 is 34.3 Å². The third-order valence-electron chi connectivity index (χ3n) is 5.34. The van der Waals surface area contributed by atoms with Gasteiger partial charge < -0.3 is 29.5 Å². The first-order valence-corrected chi connectivity index (χ1v) is 9.11. The molecule has 5 atom stereocenters. The molecular formula is C21H22O7. The van der Waals surface area contributed by atoms with E-state index in [2.05, 4.69) is 0 Å². The van der Waals surface area contributed by atoms with Gasteiger partial charge in [-0.1, -0.05) is 30.3 Å². The molecule has 2 heterocycles. The van der Waals surface area contributed by atoms with E-state index >= 15 is 0 Å². The minimum atomic E-state index is -1.34. The van der Waals surface area contributed by atoms with Crippen LogP contribution in [0.1, 0.15) is 33.2 Å². The summed E-state index contributed by atoms with van der Waals surface area (Å²) in [6.07, 6.45) is -4.85. The Labute approximate surface area is 162 Å². The van der Waals surface area contributed by atoms with E-state index in [1.807, 2.05) is 36.4 Å². The summed E-state index contributed by atoms with van der Waals surface area (Å²) in [5, 5.41) is 29.9. The van der Waals surface area contributed by atoms with Gasteiger partial charge in [0.15, 0.2) is 6.10 Å². The highest BCUT2D eigenvalue weighted by atomic mass is 16.6. The van der Waals surface area contributed by atoms with Crippen LogP contribution in [0.2, 0.25) is 0 Å². The lowest BCUT2D eigenvalue weighted by Crippen LogP contribution is -2.58. The van der Waals surface area contributed by atoms with Crippen molar-refractivity contribution in [3.8, 4) is 5.75 Å².